The van der Waals surface area contributed by atoms with E-state index in [0.717, 1.165) is 36.9 Å². The molecule has 8 rings (SSSR count). The van der Waals surface area contributed by atoms with Crippen molar-refractivity contribution in [2.75, 3.05) is 26.2 Å². The first-order valence-corrected chi connectivity index (χ1v) is 19.7. The first kappa shape index (κ1) is 33.2. The third kappa shape index (κ3) is 4.61. The largest absolute Gasteiger partial charge is 0.478 e. The lowest BCUT2D eigenvalue weighted by molar-refractivity contribution is -0.219. The Morgan fingerprint density at radius 1 is 0.979 bits per heavy atom. The Labute approximate surface area is 290 Å². The van der Waals surface area contributed by atoms with Gasteiger partial charge in [-0.2, -0.15) is 0 Å². The quantitative estimate of drug-likeness (QED) is 0.258. The second-order valence-corrected chi connectivity index (χ2v) is 19.2. The van der Waals surface area contributed by atoms with Gasteiger partial charge in [0.05, 0.1) is 5.56 Å². The van der Waals surface area contributed by atoms with Crippen molar-refractivity contribution >= 4 is 11.5 Å². The summed E-state index contributed by atoms with van der Waals surface area (Å²) in [6.45, 7) is 24.9. The van der Waals surface area contributed by atoms with Crippen LogP contribution < -0.4 is 10.6 Å². The Morgan fingerprint density at radius 3 is 2.42 bits per heavy atom. The molecule has 11 atom stereocenters. The molecule has 3 N–H and O–H groups in total. The minimum absolute atomic E-state index is 0.0455. The molecule has 2 aliphatic heterocycles. The number of carboxylic acid groups (broad SMARTS) is 1. The molecule has 7 aliphatic rings. The maximum atomic E-state index is 11.6. The van der Waals surface area contributed by atoms with Crippen molar-refractivity contribution in [1.29, 1.82) is 0 Å². The van der Waals surface area contributed by atoms with Crippen molar-refractivity contribution in [1.82, 2.24) is 15.5 Å². The fourth-order valence-corrected chi connectivity index (χ4v) is 14.7. The summed E-state index contributed by atoms with van der Waals surface area (Å²) in [6, 6.07) is 9.15. The average molecular weight is 654 g/mol. The Morgan fingerprint density at radius 2 is 1.75 bits per heavy atom. The van der Waals surface area contributed by atoms with Crippen LogP contribution in [0.2, 0.25) is 0 Å². The molecule has 5 aliphatic carbocycles. The molecule has 5 heteroatoms. The molecule has 0 amide bonds. The van der Waals surface area contributed by atoms with E-state index in [4.69, 9.17) is 0 Å². The van der Waals surface area contributed by atoms with E-state index < -0.39 is 5.97 Å². The molecular formula is C43H63N3O2. The molecule has 2 saturated heterocycles. The summed E-state index contributed by atoms with van der Waals surface area (Å²) in [4.78, 5) is 14.3. The van der Waals surface area contributed by atoms with Gasteiger partial charge in [0.25, 0.3) is 0 Å². The minimum Gasteiger partial charge on any atom is -0.478 e. The molecule has 5 nitrogen and oxygen atoms in total. The molecule has 0 aromatic heterocycles. The summed E-state index contributed by atoms with van der Waals surface area (Å²) in [5.74, 6) is 2.60. The molecule has 1 aromatic carbocycles. The van der Waals surface area contributed by atoms with Crippen LogP contribution in [0.25, 0.3) is 5.57 Å². The maximum Gasteiger partial charge on any atom is 0.335 e. The number of aromatic carboxylic acids is 1. The molecule has 262 valence electrons. The zero-order valence-electron chi connectivity index (χ0n) is 30.8. The summed E-state index contributed by atoms with van der Waals surface area (Å²) in [5, 5.41) is 17.5. The number of benzene rings is 1. The molecule has 0 spiro atoms. The van der Waals surface area contributed by atoms with E-state index >= 15 is 0 Å². The second kappa shape index (κ2) is 11.3. The van der Waals surface area contributed by atoms with Gasteiger partial charge in [-0.3, -0.25) is 4.90 Å². The van der Waals surface area contributed by atoms with Gasteiger partial charge in [-0.1, -0.05) is 65.0 Å². The van der Waals surface area contributed by atoms with E-state index in [1.165, 1.54) is 94.1 Å². The number of carboxylic acids is 1. The predicted molar refractivity (Wildman–Crippen MR) is 196 cm³/mol. The SMILES string of the molecule is C=C(C)[C@@H]1CC[C@]2(NCCN3C[C@@H]4CC3CN4)CC[C@]3(C)[C@H](CC[C@@H]4[C@@]5(C)CC=C(c6ccc(C(=O)O)cc6)C(C)(C)[C@@H]5CC[C@]43C)[C@@H]12. The number of rotatable bonds is 7. The minimum atomic E-state index is -0.851. The van der Waals surface area contributed by atoms with Crippen LogP contribution in [0.5, 0.6) is 0 Å². The third-order valence-corrected chi connectivity index (χ3v) is 17.1. The van der Waals surface area contributed by atoms with Gasteiger partial charge >= 0.3 is 5.97 Å². The van der Waals surface area contributed by atoms with Crippen LogP contribution in [0.15, 0.2) is 42.5 Å². The van der Waals surface area contributed by atoms with Crippen molar-refractivity contribution in [2.45, 2.75) is 123 Å². The van der Waals surface area contributed by atoms with Crippen LogP contribution >= 0.6 is 0 Å². The number of carbonyl (C=O) groups is 1. The van der Waals surface area contributed by atoms with E-state index in [2.05, 4.69) is 69.7 Å². The van der Waals surface area contributed by atoms with Crippen molar-refractivity contribution < 1.29 is 9.90 Å². The normalized spacial score (nSPS) is 45.9. The average Bonchev–Trinajstić information content (AvgIpc) is 3.76. The first-order valence-electron chi connectivity index (χ1n) is 19.7. The molecule has 6 fully saturated rings. The van der Waals surface area contributed by atoms with Crippen molar-refractivity contribution in [2.24, 2.45) is 51.2 Å². The molecule has 2 bridgehead atoms. The highest BCUT2D eigenvalue weighted by atomic mass is 16.4. The van der Waals surface area contributed by atoms with Crippen molar-refractivity contribution in [3.8, 4) is 0 Å². The highest BCUT2D eigenvalue weighted by Crippen LogP contribution is 2.76. The monoisotopic (exact) mass is 653 g/mol. The number of likely N-dealkylation sites (tertiary alicyclic amines) is 1. The number of hydrogen-bond acceptors (Lipinski definition) is 4. The lowest BCUT2D eigenvalue weighted by Crippen LogP contribution is -2.68. The number of allylic oxidation sites excluding steroid dienone is 3. The fraction of sp³-hybridized carbons (Fsp3) is 0.744. The molecule has 4 saturated carbocycles. The zero-order valence-corrected chi connectivity index (χ0v) is 30.8. The zero-order chi connectivity index (χ0) is 33.9. The standard InChI is InChI=1S/C43H63N3O2/c1-27(2)32-14-19-43(45-22-23-46-26-30-24-31(46)25-44-30)21-20-41(6)34(37(32)43)12-13-36-40(5)17-15-33(28-8-10-29(11-9-28)38(47)48)39(3,4)35(40)16-18-42(36,41)7/h8-11,15,30-32,34-37,44-45H,1,12-14,16-26H2,2-7H3,(H,47,48)/t30-,31?,32-,34+,35-,36+,37+,40-,41+,42+,43-/m0/s1. The van der Waals surface area contributed by atoms with Gasteiger partial charge in [-0.15, -0.1) is 0 Å². The van der Waals surface area contributed by atoms with Crippen LogP contribution in [0.4, 0.5) is 0 Å². The Balaban J connectivity index is 1.07. The molecule has 2 heterocycles. The van der Waals surface area contributed by atoms with Crippen LogP contribution in [0.1, 0.15) is 122 Å². The predicted octanol–water partition coefficient (Wildman–Crippen LogP) is 8.42. The van der Waals surface area contributed by atoms with Gasteiger partial charge in [0.2, 0.25) is 0 Å². The van der Waals surface area contributed by atoms with Crippen molar-refractivity contribution in [3.05, 3.63) is 53.6 Å². The number of fused-ring (bicyclic) bond motifs is 9. The molecule has 1 aromatic rings. The van der Waals surface area contributed by atoms with Gasteiger partial charge < -0.3 is 15.7 Å². The smallest absolute Gasteiger partial charge is 0.335 e. The highest BCUT2D eigenvalue weighted by Gasteiger charge is 2.70. The first-order chi connectivity index (χ1) is 22.7. The molecular weight excluding hydrogens is 590 g/mol. The van der Waals surface area contributed by atoms with Gasteiger partial charge in [0, 0.05) is 43.8 Å². The topological polar surface area (TPSA) is 64.6 Å². The number of nitrogens with zero attached hydrogens (tertiary/aromatic N) is 1. The van der Waals surface area contributed by atoms with Gasteiger partial charge in [0.15, 0.2) is 0 Å². The molecule has 1 unspecified atom stereocenters. The summed E-state index contributed by atoms with van der Waals surface area (Å²) < 4.78 is 0. The van der Waals surface area contributed by atoms with Gasteiger partial charge in [-0.05, 0) is 146 Å². The van der Waals surface area contributed by atoms with Crippen LogP contribution in [-0.4, -0.2) is 59.8 Å². The van der Waals surface area contributed by atoms with Gasteiger partial charge in [0.1, 0.15) is 0 Å². The number of hydrogen-bond donors (Lipinski definition) is 3. The number of piperazine rings is 1. The summed E-state index contributed by atoms with van der Waals surface area (Å²) in [6.07, 6.45) is 15.7. The molecule has 0 radical (unpaired) electrons. The van der Waals surface area contributed by atoms with E-state index in [0.29, 0.717) is 34.1 Å². The third-order valence-electron chi connectivity index (χ3n) is 17.1. The summed E-state index contributed by atoms with van der Waals surface area (Å²) >= 11 is 0. The van der Waals surface area contributed by atoms with Crippen LogP contribution in [0.3, 0.4) is 0 Å². The highest BCUT2D eigenvalue weighted by molar-refractivity contribution is 5.88. The Hall–Kier alpha value is -1.95. The maximum absolute atomic E-state index is 11.6. The summed E-state index contributed by atoms with van der Waals surface area (Å²) in [7, 11) is 0. The van der Waals surface area contributed by atoms with E-state index in [9.17, 15) is 9.90 Å². The number of nitrogens with one attached hydrogen (secondary N) is 2. The lowest BCUT2D eigenvalue weighted by Gasteiger charge is -2.72. The molecule has 48 heavy (non-hydrogen) atoms. The van der Waals surface area contributed by atoms with E-state index in [-0.39, 0.29) is 16.4 Å². The fourth-order valence-electron chi connectivity index (χ4n) is 14.7. The van der Waals surface area contributed by atoms with Crippen molar-refractivity contribution in [3.63, 3.8) is 0 Å². The lowest BCUT2D eigenvalue weighted by atomic mass is 9.33. The van der Waals surface area contributed by atoms with Gasteiger partial charge in [-0.25, -0.2) is 4.79 Å². The van der Waals surface area contributed by atoms with Crippen LogP contribution in [0, 0.1) is 51.2 Å². The Kier molecular flexibility index (Phi) is 7.80. The van der Waals surface area contributed by atoms with E-state index in [1.807, 2.05) is 12.1 Å². The Bertz CT molecular complexity index is 1500. The van der Waals surface area contributed by atoms with E-state index in [1.54, 1.807) is 12.1 Å². The second-order valence-electron chi connectivity index (χ2n) is 19.2. The summed E-state index contributed by atoms with van der Waals surface area (Å²) in [5.41, 5.74) is 5.70. The van der Waals surface area contributed by atoms with Crippen LogP contribution in [-0.2, 0) is 0 Å².